The van der Waals surface area contributed by atoms with Gasteiger partial charge in [0.15, 0.2) is 0 Å². The maximum atomic E-state index is 4.62. The van der Waals surface area contributed by atoms with E-state index in [2.05, 4.69) is 62.2 Å². The summed E-state index contributed by atoms with van der Waals surface area (Å²) in [6, 6.07) is 13.1. The molecule has 18 heavy (non-hydrogen) atoms. The van der Waals surface area contributed by atoms with E-state index >= 15 is 0 Å². The van der Waals surface area contributed by atoms with Crippen LogP contribution in [-0.4, -0.2) is 4.98 Å². The van der Waals surface area contributed by atoms with Crippen LogP contribution in [0.4, 0.5) is 0 Å². The zero-order chi connectivity index (χ0) is 12.7. The summed E-state index contributed by atoms with van der Waals surface area (Å²) < 4.78 is 0. The summed E-state index contributed by atoms with van der Waals surface area (Å²) in [4.78, 5) is 5.92. The molecule has 0 saturated carbocycles. The van der Waals surface area contributed by atoms with Crippen LogP contribution in [0.25, 0.3) is 21.3 Å². The van der Waals surface area contributed by atoms with Crippen molar-refractivity contribution in [2.75, 3.05) is 0 Å². The zero-order valence-electron chi connectivity index (χ0n) is 10.8. The van der Waals surface area contributed by atoms with Crippen molar-refractivity contribution in [3.05, 3.63) is 52.5 Å². The average Bonchev–Trinajstić information content (AvgIpc) is 2.69. The van der Waals surface area contributed by atoms with E-state index < -0.39 is 0 Å². The van der Waals surface area contributed by atoms with Crippen LogP contribution >= 0.6 is 11.3 Å². The minimum absolute atomic E-state index is 1.12. The van der Waals surface area contributed by atoms with E-state index in [1.807, 2.05) is 0 Å². The molecule has 0 N–H and O–H groups in total. The molecule has 0 saturated heterocycles. The quantitative estimate of drug-likeness (QED) is 0.601. The highest BCUT2D eigenvalue weighted by Crippen LogP contribution is 2.29. The maximum absolute atomic E-state index is 4.62. The highest BCUT2D eigenvalue weighted by Gasteiger charge is 2.06. The van der Waals surface area contributed by atoms with Crippen LogP contribution in [0.5, 0.6) is 0 Å². The summed E-state index contributed by atoms with van der Waals surface area (Å²) in [5, 5.41) is 3.69. The number of hydrogen-bond acceptors (Lipinski definition) is 2. The Labute approximate surface area is 111 Å². The Hall–Kier alpha value is -1.67. The van der Waals surface area contributed by atoms with Gasteiger partial charge in [0.1, 0.15) is 5.01 Å². The van der Waals surface area contributed by atoms with Crippen LogP contribution in [0.3, 0.4) is 0 Å². The first-order valence-electron chi connectivity index (χ1n) is 6.08. The largest absolute Gasteiger partial charge is 0.241 e. The summed E-state index contributed by atoms with van der Waals surface area (Å²) in [6.07, 6.45) is 0. The molecule has 3 aromatic rings. The molecule has 2 aromatic carbocycles. The van der Waals surface area contributed by atoms with Gasteiger partial charge >= 0.3 is 0 Å². The molecule has 0 amide bonds. The van der Waals surface area contributed by atoms with E-state index in [1.165, 1.54) is 26.8 Å². The normalized spacial score (nSPS) is 11.1. The van der Waals surface area contributed by atoms with E-state index in [9.17, 15) is 0 Å². The summed E-state index contributed by atoms with van der Waals surface area (Å²) in [7, 11) is 0. The van der Waals surface area contributed by atoms with Gasteiger partial charge in [0.05, 0.1) is 5.69 Å². The van der Waals surface area contributed by atoms with E-state index in [-0.39, 0.29) is 0 Å². The van der Waals surface area contributed by atoms with Gasteiger partial charge in [-0.15, -0.1) is 11.3 Å². The fourth-order valence-electron chi connectivity index (χ4n) is 2.09. The number of aryl methyl sites for hydroxylation is 3. The van der Waals surface area contributed by atoms with E-state index in [4.69, 9.17) is 0 Å². The molecule has 0 aliphatic rings. The van der Waals surface area contributed by atoms with Gasteiger partial charge in [-0.25, -0.2) is 4.98 Å². The second kappa shape index (κ2) is 4.21. The topological polar surface area (TPSA) is 12.9 Å². The van der Waals surface area contributed by atoms with Crippen LogP contribution in [0.15, 0.2) is 36.4 Å². The maximum Gasteiger partial charge on any atom is 0.123 e. The molecule has 1 aromatic heterocycles. The standard InChI is InChI=1S/C16H15NS/c1-10-4-5-14-9-15(7-6-13(14)8-10)16-17-11(2)12(3)18-16/h4-9H,1-3H3. The molecule has 0 aliphatic heterocycles. The third-order valence-corrected chi connectivity index (χ3v) is 4.39. The third kappa shape index (κ3) is 1.93. The van der Waals surface area contributed by atoms with Gasteiger partial charge in [-0.05, 0) is 37.6 Å². The van der Waals surface area contributed by atoms with E-state index in [0.717, 1.165) is 10.7 Å². The highest BCUT2D eigenvalue weighted by atomic mass is 32.1. The molecule has 0 unspecified atom stereocenters. The van der Waals surface area contributed by atoms with Crippen molar-refractivity contribution in [2.24, 2.45) is 0 Å². The Morgan fingerprint density at radius 1 is 0.889 bits per heavy atom. The number of thiazole rings is 1. The Bertz CT molecular complexity index is 706. The number of fused-ring (bicyclic) bond motifs is 1. The number of nitrogens with zero attached hydrogens (tertiary/aromatic N) is 1. The van der Waals surface area contributed by atoms with Crippen molar-refractivity contribution in [3.8, 4) is 10.6 Å². The second-order valence-electron chi connectivity index (χ2n) is 4.73. The molecule has 3 rings (SSSR count). The molecule has 1 nitrogen and oxygen atoms in total. The molecule has 0 atom stereocenters. The number of hydrogen-bond donors (Lipinski definition) is 0. The third-order valence-electron chi connectivity index (χ3n) is 3.27. The van der Waals surface area contributed by atoms with Crippen molar-refractivity contribution in [3.63, 3.8) is 0 Å². The fourth-order valence-corrected chi connectivity index (χ4v) is 3.01. The minimum Gasteiger partial charge on any atom is -0.241 e. The van der Waals surface area contributed by atoms with Crippen molar-refractivity contribution in [1.29, 1.82) is 0 Å². The predicted molar refractivity (Wildman–Crippen MR) is 79.3 cm³/mol. The van der Waals surface area contributed by atoms with Gasteiger partial charge in [-0.3, -0.25) is 0 Å². The second-order valence-corrected chi connectivity index (χ2v) is 5.93. The van der Waals surface area contributed by atoms with Crippen LogP contribution in [-0.2, 0) is 0 Å². The van der Waals surface area contributed by atoms with E-state index in [0.29, 0.717) is 0 Å². The molecule has 0 aliphatic carbocycles. The van der Waals surface area contributed by atoms with Gasteiger partial charge in [-0.2, -0.15) is 0 Å². The molecule has 90 valence electrons. The van der Waals surface area contributed by atoms with Crippen molar-refractivity contribution < 1.29 is 0 Å². The summed E-state index contributed by atoms with van der Waals surface area (Å²) >= 11 is 1.77. The lowest BCUT2D eigenvalue weighted by Gasteiger charge is -2.02. The van der Waals surface area contributed by atoms with Crippen LogP contribution in [0.2, 0.25) is 0 Å². The summed E-state index contributed by atoms with van der Waals surface area (Å²) in [5.41, 5.74) is 3.66. The van der Waals surface area contributed by atoms with Crippen molar-refractivity contribution >= 4 is 22.1 Å². The van der Waals surface area contributed by atoms with E-state index in [1.54, 1.807) is 11.3 Å². The zero-order valence-corrected chi connectivity index (χ0v) is 11.6. The summed E-state index contributed by atoms with van der Waals surface area (Å²) in [6.45, 7) is 6.32. The molecule has 0 radical (unpaired) electrons. The van der Waals surface area contributed by atoms with Gasteiger partial charge in [-0.1, -0.05) is 35.9 Å². The predicted octanol–water partition coefficient (Wildman–Crippen LogP) is 4.89. The monoisotopic (exact) mass is 253 g/mol. The number of rotatable bonds is 1. The van der Waals surface area contributed by atoms with Gasteiger partial charge in [0.25, 0.3) is 0 Å². The smallest absolute Gasteiger partial charge is 0.123 e. The molecule has 1 heterocycles. The van der Waals surface area contributed by atoms with Gasteiger partial charge in [0, 0.05) is 10.4 Å². The minimum atomic E-state index is 1.12. The van der Waals surface area contributed by atoms with Crippen LogP contribution in [0, 0.1) is 20.8 Å². The number of benzene rings is 2. The molecular weight excluding hydrogens is 238 g/mol. The van der Waals surface area contributed by atoms with Crippen LogP contribution in [0.1, 0.15) is 16.1 Å². The first kappa shape index (κ1) is 11.4. The van der Waals surface area contributed by atoms with Crippen LogP contribution < -0.4 is 0 Å². The Morgan fingerprint density at radius 2 is 1.61 bits per heavy atom. The Kier molecular flexibility index (Phi) is 2.67. The lowest BCUT2D eigenvalue weighted by molar-refractivity contribution is 1.23. The Morgan fingerprint density at radius 3 is 2.33 bits per heavy atom. The first-order chi connectivity index (χ1) is 8.63. The highest BCUT2D eigenvalue weighted by molar-refractivity contribution is 7.15. The number of aromatic nitrogens is 1. The van der Waals surface area contributed by atoms with Gasteiger partial charge < -0.3 is 0 Å². The lowest BCUT2D eigenvalue weighted by atomic mass is 10.1. The van der Waals surface area contributed by atoms with Crippen molar-refractivity contribution in [1.82, 2.24) is 4.98 Å². The molecule has 0 bridgehead atoms. The Balaban J connectivity index is 2.16. The molecule has 2 heteroatoms. The SMILES string of the molecule is Cc1ccc2cc(-c3nc(C)c(C)s3)ccc2c1. The molecule has 0 spiro atoms. The first-order valence-corrected chi connectivity index (χ1v) is 6.90. The van der Waals surface area contributed by atoms with Gasteiger partial charge in [0.2, 0.25) is 0 Å². The fraction of sp³-hybridized carbons (Fsp3) is 0.188. The molecular formula is C16H15NS. The lowest BCUT2D eigenvalue weighted by Crippen LogP contribution is -1.80. The average molecular weight is 253 g/mol. The molecule has 0 fully saturated rings. The summed E-state index contributed by atoms with van der Waals surface area (Å²) in [5.74, 6) is 0. The van der Waals surface area contributed by atoms with Crippen molar-refractivity contribution in [2.45, 2.75) is 20.8 Å².